The molecule has 9 aromatic carbocycles. The average Bonchev–Trinajstić information content (AvgIpc) is 3.59. The van der Waals surface area contributed by atoms with Crippen molar-refractivity contribution in [3.63, 3.8) is 0 Å². The molecule has 0 amide bonds. The Morgan fingerprint density at radius 2 is 0.750 bits per heavy atom. The van der Waals surface area contributed by atoms with Gasteiger partial charge in [-0.3, -0.25) is 0 Å². The van der Waals surface area contributed by atoms with Crippen molar-refractivity contribution in [3.8, 4) is 33.4 Å². The summed E-state index contributed by atoms with van der Waals surface area (Å²) in [5.41, 5.74) is 10.8. The molecule has 0 atom stereocenters. The molecule has 1 nitrogen and oxygen atoms in total. The van der Waals surface area contributed by atoms with Crippen LogP contribution in [0.1, 0.15) is 0 Å². The summed E-state index contributed by atoms with van der Waals surface area (Å²) in [6.45, 7) is 0. The van der Waals surface area contributed by atoms with Gasteiger partial charge in [-0.2, -0.15) is 0 Å². The van der Waals surface area contributed by atoms with Gasteiger partial charge in [0.15, 0.2) is 0 Å². The largest absolute Gasteiger partial charge is 0.310 e. The number of hydrogen-bond acceptors (Lipinski definition) is 2. The van der Waals surface area contributed by atoms with Gasteiger partial charge in [0, 0.05) is 37.2 Å². The molecule has 0 aliphatic rings. The predicted molar refractivity (Wildman–Crippen MR) is 225 cm³/mol. The third kappa shape index (κ3) is 5.16. The Kier molecular flexibility index (Phi) is 7.41. The summed E-state index contributed by atoms with van der Waals surface area (Å²) in [7, 11) is 0. The first-order chi connectivity index (χ1) is 25.8. The van der Waals surface area contributed by atoms with Crippen LogP contribution in [-0.4, -0.2) is 0 Å². The second-order valence-electron chi connectivity index (χ2n) is 13.3. The molecule has 0 aliphatic carbocycles. The third-order valence-electron chi connectivity index (χ3n) is 10.2. The smallest absolute Gasteiger partial charge is 0.0476 e. The molecule has 0 spiro atoms. The fourth-order valence-electron chi connectivity index (χ4n) is 7.86. The highest BCUT2D eigenvalue weighted by Crippen LogP contribution is 2.46. The molecule has 10 aromatic rings. The van der Waals surface area contributed by atoms with Gasteiger partial charge in [0.05, 0.1) is 0 Å². The van der Waals surface area contributed by atoms with Gasteiger partial charge < -0.3 is 4.90 Å². The van der Waals surface area contributed by atoms with Crippen LogP contribution in [-0.2, 0) is 0 Å². The van der Waals surface area contributed by atoms with Gasteiger partial charge in [0.2, 0.25) is 0 Å². The zero-order valence-corrected chi connectivity index (χ0v) is 29.2. The maximum atomic E-state index is 2.40. The highest BCUT2D eigenvalue weighted by atomic mass is 32.1. The van der Waals surface area contributed by atoms with E-state index in [0.717, 1.165) is 17.1 Å². The van der Waals surface area contributed by atoms with Gasteiger partial charge in [0.25, 0.3) is 0 Å². The molecule has 0 N–H and O–H groups in total. The summed E-state index contributed by atoms with van der Waals surface area (Å²) >= 11 is 1.86. The normalized spacial score (nSPS) is 11.5. The number of rotatable bonds is 6. The molecule has 244 valence electrons. The molecular formula is C50H33NS. The number of thiophene rings is 1. The first kappa shape index (κ1) is 30.4. The molecule has 0 unspecified atom stereocenters. The first-order valence-corrected chi connectivity index (χ1v) is 18.6. The standard InChI is InChI=1S/C50H33NS/c1-4-14-35(15-5-1)49-45-22-11-10-20-41(45)42-30-26-37(32-46(42)50(49)36-16-6-2-7-17-36)34-24-27-39(28-25-34)51(38-18-8-3-9-19-38)40-29-31-44-43-21-12-13-23-47(43)52-48(44)33-40/h1-33H. The van der Waals surface area contributed by atoms with Crippen LogP contribution in [0.15, 0.2) is 200 Å². The molecule has 0 aliphatic heterocycles. The summed E-state index contributed by atoms with van der Waals surface area (Å²) in [4.78, 5) is 2.36. The number of para-hydroxylation sites is 1. The number of benzene rings is 9. The van der Waals surface area contributed by atoms with Crippen LogP contribution in [0.2, 0.25) is 0 Å². The molecule has 0 fully saturated rings. The Balaban J connectivity index is 1.13. The van der Waals surface area contributed by atoms with Crippen molar-refractivity contribution in [2.75, 3.05) is 4.90 Å². The van der Waals surface area contributed by atoms with Crippen LogP contribution in [0.5, 0.6) is 0 Å². The van der Waals surface area contributed by atoms with E-state index in [1.807, 2.05) is 11.3 Å². The highest BCUT2D eigenvalue weighted by Gasteiger charge is 2.19. The molecule has 0 radical (unpaired) electrons. The molecule has 2 heteroatoms. The third-order valence-corrected chi connectivity index (χ3v) is 11.4. The molecule has 52 heavy (non-hydrogen) atoms. The van der Waals surface area contributed by atoms with E-state index in [0.29, 0.717) is 0 Å². The van der Waals surface area contributed by atoms with Crippen molar-refractivity contribution in [1.82, 2.24) is 0 Å². The molecule has 0 saturated carbocycles. The minimum Gasteiger partial charge on any atom is -0.310 e. The van der Waals surface area contributed by atoms with Crippen molar-refractivity contribution in [3.05, 3.63) is 200 Å². The second kappa shape index (κ2) is 12.7. The van der Waals surface area contributed by atoms with Gasteiger partial charge >= 0.3 is 0 Å². The lowest BCUT2D eigenvalue weighted by Crippen LogP contribution is -2.09. The first-order valence-electron chi connectivity index (χ1n) is 17.8. The number of nitrogens with zero attached hydrogens (tertiary/aromatic N) is 1. The lowest BCUT2D eigenvalue weighted by Gasteiger charge is -2.26. The van der Waals surface area contributed by atoms with Crippen molar-refractivity contribution in [2.45, 2.75) is 0 Å². The molecule has 0 saturated heterocycles. The maximum absolute atomic E-state index is 2.40. The van der Waals surface area contributed by atoms with Crippen molar-refractivity contribution >= 4 is 70.1 Å². The Morgan fingerprint density at radius 1 is 0.269 bits per heavy atom. The summed E-state index contributed by atoms with van der Waals surface area (Å²) in [5.74, 6) is 0. The SMILES string of the molecule is c1ccc(-c2c(-c3ccccc3)c3cc(-c4ccc(N(c5ccccc5)c5ccc6c(c5)sc5ccccc56)cc4)ccc3c3ccccc23)cc1. The topological polar surface area (TPSA) is 3.24 Å². The van der Waals surface area contributed by atoms with Crippen LogP contribution in [0.3, 0.4) is 0 Å². The summed E-state index contributed by atoms with van der Waals surface area (Å²) < 4.78 is 2.61. The van der Waals surface area contributed by atoms with Gasteiger partial charge in [0.1, 0.15) is 0 Å². The van der Waals surface area contributed by atoms with Crippen molar-refractivity contribution in [2.24, 2.45) is 0 Å². The highest BCUT2D eigenvalue weighted by molar-refractivity contribution is 7.25. The minimum absolute atomic E-state index is 1.12. The van der Waals surface area contributed by atoms with Crippen LogP contribution in [0.4, 0.5) is 17.1 Å². The number of fused-ring (bicyclic) bond motifs is 6. The summed E-state index contributed by atoms with van der Waals surface area (Å²) in [5, 5.41) is 7.69. The minimum atomic E-state index is 1.12. The Bertz CT molecular complexity index is 2870. The van der Waals surface area contributed by atoms with E-state index < -0.39 is 0 Å². The van der Waals surface area contributed by atoms with E-state index in [-0.39, 0.29) is 0 Å². The maximum Gasteiger partial charge on any atom is 0.0476 e. The fourth-order valence-corrected chi connectivity index (χ4v) is 9.00. The Morgan fingerprint density at radius 3 is 1.46 bits per heavy atom. The van der Waals surface area contributed by atoms with Crippen LogP contribution >= 0.6 is 11.3 Å². The summed E-state index contributed by atoms with van der Waals surface area (Å²) in [6, 6.07) is 72.9. The average molecular weight is 680 g/mol. The van der Waals surface area contributed by atoms with Gasteiger partial charge in [-0.1, -0.05) is 152 Å². The monoisotopic (exact) mass is 679 g/mol. The fraction of sp³-hybridized carbons (Fsp3) is 0. The lowest BCUT2D eigenvalue weighted by molar-refractivity contribution is 1.29. The van der Waals surface area contributed by atoms with Gasteiger partial charge in [-0.25, -0.2) is 0 Å². The zero-order chi connectivity index (χ0) is 34.4. The Hall–Kier alpha value is -6.48. The van der Waals surface area contributed by atoms with E-state index in [1.165, 1.54) is 75.1 Å². The van der Waals surface area contributed by atoms with E-state index in [4.69, 9.17) is 0 Å². The molecular weight excluding hydrogens is 647 g/mol. The molecule has 10 rings (SSSR count). The second-order valence-corrected chi connectivity index (χ2v) is 14.4. The quantitative estimate of drug-likeness (QED) is 0.158. The lowest BCUT2D eigenvalue weighted by atomic mass is 9.84. The zero-order valence-electron chi connectivity index (χ0n) is 28.4. The van der Waals surface area contributed by atoms with Gasteiger partial charge in [-0.15, -0.1) is 11.3 Å². The number of hydrogen-bond donors (Lipinski definition) is 0. The predicted octanol–water partition coefficient (Wildman–Crippen LogP) is 14.8. The molecule has 1 aromatic heterocycles. The number of anilines is 3. The van der Waals surface area contributed by atoms with E-state index >= 15 is 0 Å². The van der Waals surface area contributed by atoms with Crippen LogP contribution in [0, 0.1) is 0 Å². The van der Waals surface area contributed by atoms with E-state index in [2.05, 4.69) is 205 Å². The van der Waals surface area contributed by atoms with E-state index in [1.54, 1.807) is 0 Å². The van der Waals surface area contributed by atoms with Gasteiger partial charge in [-0.05, 0) is 103 Å². The van der Waals surface area contributed by atoms with Crippen molar-refractivity contribution in [1.29, 1.82) is 0 Å². The van der Waals surface area contributed by atoms with E-state index in [9.17, 15) is 0 Å². The van der Waals surface area contributed by atoms with Crippen LogP contribution < -0.4 is 4.90 Å². The van der Waals surface area contributed by atoms with Crippen LogP contribution in [0.25, 0.3) is 75.1 Å². The molecule has 1 heterocycles. The Labute approximate surface area is 307 Å². The molecule has 0 bridgehead atoms. The summed E-state index contributed by atoms with van der Waals surface area (Å²) in [6.07, 6.45) is 0. The van der Waals surface area contributed by atoms with Crippen molar-refractivity contribution < 1.29 is 0 Å².